The number of benzene rings is 1. The van der Waals surface area contributed by atoms with Crippen LogP contribution in [0.4, 0.5) is 5.69 Å². The number of fused-ring (bicyclic) bond motifs is 1. The average molecular weight is 290 g/mol. The summed E-state index contributed by atoms with van der Waals surface area (Å²) < 4.78 is 0. The number of rotatable bonds is 5. The minimum Gasteiger partial charge on any atom is -0.481 e. The molecule has 0 radical (unpaired) electrons. The minimum absolute atomic E-state index is 0.0830. The first-order valence-corrected chi connectivity index (χ1v) is 7.17. The van der Waals surface area contributed by atoms with Gasteiger partial charge < -0.3 is 10.4 Å². The minimum atomic E-state index is -0.926. The number of carboxylic acids is 1. The van der Waals surface area contributed by atoms with E-state index >= 15 is 0 Å². The number of hydrogen-bond acceptors (Lipinski definition) is 4. The molecule has 6 heteroatoms. The first-order valence-electron chi connectivity index (χ1n) is 6.02. The van der Waals surface area contributed by atoms with E-state index in [4.69, 9.17) is 5.11 Å². The number of carboxylic acid groups (broad SMARTS) is 1. The average Bonchev–Trinajstić information content (AvgIpc) is 2.39. The van der Waals surface area contributed by atoms with Gasteiger partial charge >= 0.3 is 5.97 Å². The number of thioether (sulfide) groups is 1. The fraction of sp³-hybridized carbons (Fsp3) is 0.214. The summed E-state index contributed by atoms with van der Waals surface area (Å²) >= 11 is 1.07. The number of aromatic nitrogens is 1. The molecular weight excluding hydrogens is 276 g/mol. The van der Waals surface area contributed by atoms with Gasteiger partial charge in [0.15, 0.2) is 0 Å². The second kappa shape index (κ2) is 6.38. The largest absolute Gasteiger partial charge is 0.481 e. The van der Waals surface area contributed by atoms with E-state index in [2.05, 4.69) is 10.3 Å². The number of para-hydroxylation sites is 1. The normalized spacial score (nSPS) is 10.4. The summed E-state index contributed by atoms with van der Waals surface area (Å²) in [5.41, 5.74) is 2.26. The zero-order chi connectivity index (χ0) is 14.5. The molecule has 1 aromatic carbocycles. The third-order valence-corrected chi connectivity index (χ3v) is 3.51. The van der Waals surface area contributed by atoms with Gasteiger partial charge in [-0.1, -0.05) is 18.2 Å². The van der Waals surface area contributed by atoms with Crippen molar-refractivity contribution < 1.29 is 14.7 Å². The number of pyridine rings is 1. The maximum Gasteiger partial charge on any atom is 0.313 e. The predicted octanol–water partition coefficient (Wildman–Crippen LogP) is 2.30. The van der Waals surface area contributed by atoms with Crippen LogP contribution in [0, 0.1) is 6.92 Å². The van der Waals surface area contributed by atoms with Crippen molar-refractivity contribution in [1.82, 2.24) is 4.98 Å². The third-order valence-electron chi connectivity index (χ3n) is 2.59. The van der Waals surface area contributed by atoms with Crippen molar-refractivity contribution in [3.63, 3.8) is 0 Å². The Bertz CT molecular complexity index is 658. The number of nitrogens with zero attached hydrogens (tertiary/aromatic N) is 1. The first-order chi connectivity index (χ1) is 9.56. The van der Waals surface area contributed by atoms with Crippen molar-refractivity contribution in [1.29, 1.82) is 0 Å². The summed E-state index contributed by atoms with van der Waals surface area (Å²) in [5.74, 6) is -1.13. The quantitative estimate of drug-likeness (QED) is 0.883. The van der Waals surface area contributed by atoms with Crippen molar-refractivity contribution in [2.45, 2.75) is 6.92 Å². The number of aryl methyl sites for hydroxylation is 1. The molecule has 0 unspecified atom stereocenters. The summed E-state index contributed by atoms with van der Waals surface area (Å²) in [4.78, 5) is 26.6. The Morgan fingerprint density at radius 1 is 1.25 bits per heavy atom. The zero-order valence-electron chi connectivity index (χ0n) is 10.9. The van der Waals surface area contributed by atoms with E-state index in [9.17, 15) is 9.59 Å². The summed E-state index contributed by atoms with van der Waals surface area (Å²) in [6.07, 6.45) is 0. The van der Waals surface area contributed by atoms with Crippen LogP contribution in [0.5, 0.6) is 0 Å². The number of amides is 1. The van der Waals surface area contributed by atoms with Gasteiger partial charge in [0.2, 0.25) is 5.91 Å². The predicted molar refractivity (Wildman–Crippen MR) is 80.1 cm³/mol. The molecule has 20 heavy (non-hydrogen) atoms. The molecule has 1 amide bonds. The van der Waals surface area contributed by atoms with Crippen molar-refractivity contribution in [2.75, 3.05) is 16.8 Å². The Kier molecular flexibility index (Phi) is 4.57. The van der Waals surface area contributed by atoms with E-state index in [-0.39, 0.29) is 17.4 Å². The number of nitrogens with one attached hydrogen (secondary N) is 1. The van der Waals surface area contributed by atoms with Crippen LogP contribution in [0.1, 0.15) is 5.69 Å². The van der Waals surface area contributed by atoms with Gasteiger partial charge in [0.25, 0.3) is 0 Å². The molecule has 2 rings (SSSR count). The van der Waals surface area contributed by atoms with Crippen LogP contribution in [-0.4, -0.2) is 33.5 Å². The smallest absolute Gasteiger partial charge is 0.313 e. The molecule has 5 nitrogen and oxygen atoms in total. The van der Waals surface area contributed by atoms with Crippen LogP contribution in [0.3, 0.4) is 0 Å². The summed E-state index contributed by atoms with van der Waals surface area (Å²) in [7, 11) is 0. The molecule has 2 N–H and O–H groups in total. The van der Waals surface area contributed by atoms with Crippen LogP contribution in [0.25, 0.3) is 10.9 Å². The highest BCUT2D eigenvalue weighted by Gasteiger charge is 2.08. The maximum absolute atomic E-state index is 11.8. The van der Waals surface area contributed by atoms with Gasteiger partial charge in [-0.2, -0.15) is 0 Å². The maximum atomic E-state index is 11.8. The Balaban J connectivity index is 2.11. The van der Waals surface area contributed by atoms with Gasteiger partial charge in [-0.15, -0.1) is 11.8 Å². The van der Waals surface area contributed by atoms with Gasteiger partial charge in [0, 0.05) is 11.1 Å². The van der Waals surface area contributed by atoms with Gasteiger partial charge in [0.05, 0.1) is 22.7 Å². The summed E-state index contributed by atoms with van der Waals surface area (Å²) in [6, 6.07) is 9.42. The highest BCUT2D eigenvalue weighted by Crippen LogP contribution is 2.21. The Hall–Kier alpha value is -2.08. The molecule has 2 aromatic rings. The van der Waals surface area contributed by atoms with Crippen molar-refractivity contribution >= 4 is 40.2 Å². The summed E-state index contributed by atoms with van der Waals surface area (Å²) in [6.45, 7) is 1.89. The van der Waals surface area contributed by atoms with E-state index < -0.39 is 5.97 Å². The lowest BCUT2D eigenvalue weighted by molar-refractivity contribution is -0.133. The van der Waals surface area contributed by atoms with Crippen molar-refractivity contribution in [2.24, 2.45) is 0 Å². The SMILES string of the molecule is Cc1ccc2cccc(NC(=O)CSCC(=O)O)c2n1. The van der Waals surface area contributed by atoms with Crippen molar-refractivity contribution in [3.05, 3.63) is 36.0 Å². The van der Waals surface area contributed by atoms with Gasteiger partial charge in [0.1, 0.15) is 0 Å². The number of anilines is 1. The summed E-state index contributed by atoms with van der Waals surface area (Å²) in [5, 5.41) is 12.2. The van der Waals surface area contributed by atoms with Crippen LogP contribution in [-0.2, 0) is 9.59 Å². The Morgan fingerprint density at radius 3 is 2.80 bits per heavy atom. The number of hydrogen-bond donors (Lipinski definition) is 2. The molecule has 0 aliphatic heterocycles. The van der Waals surface area contributed by atoms with E-state index in [1.54, 1.807) is 6.07 Å². The Morgan fingerprint density at radius 2 is 2.05 bits per heavy atom. The lowest BCUT2D eigenvalue weighted by Crippen LogP contribution is -2.15. The first kappa shape index (κ1) is 14.3. The van der Waals surface area contributed by atoms with E-state index in [0.29, 0.717) is 5.69 Å². The topological polar surface area (TPSA) is 79.3 Å². The molecule has 0 fully saturated rings. The van der Waals surface area contributed by atoms with Gasteiger partial charge in [-0.3, -0.25) is 14.6 Å². The fourth-order valence-corrected chi connectivity index (χ4v) is 2.30. The van der Waals surface area contributed by atoms with E-state index in [1.165, 1.54) is 0 Å². The zero-order valence-corrected chi connectivity index (χ0v) is 11.7. The standard InChI is InChI=1S/C14H14N2O3S/c1-9-5-6-10-3-2-4-11(14(10)15-9)16-12(17)7-20-8-13(18)19/h2-6H,7-8H2,1H3,(H,16,17)(H,18,19). The number of carbonyl (C=O) groups is 2. The molecule has 0 atom stereocenters. The molecule has 0 saturated heterocycles. The van der Waals surface area contributed by atoms with E-state index in [0.717, 1.165) is 28.4 Å². The Labute approximate surface area is 120 Å². The molecule has 0 saturated carbocycles. The van der Waals surface area contributed by atoms with Gasteiger partial charge in [-0.05, 0) is 19.1 Å². The number of aliphatic carboxylic acids is 1. The molecule has 0 spiro atoms. The van der Waals surface area contributed by atoms with Crippen LogP contribution in [0.2, 0.25) is 0 Å². The van der Waals surface area contributed by atoms with Gasteiger partial charge in [-0.25, -0.2) is 0 Å². The highest BCUT2D eigenvalue weighted by molar-refractivity contribution is 8.00. The number of carbonyl (C=O) groups excluding carboxylic acids is 1. The lowest BCUT2D eigenvalue weighted by Gasteiger charge is -2.08. The monoisotopic (exact) mass is 290 g/mol. The fourth-order valence-electron chi connectivity index (χ4n) is 1.76. The second-order valence-electron chi connectivity index (χ2n) is 4.26. The molecule has 0 aliphatic carbocycles. The third kappa shape index (κ3) is 3.71. The molecule has 0 bridgehead atoms. The van der Waals surface area contributed by atoms with Crippen LogP contribution in [0.15, 0.2) is 30.3 Å². The lowest BCUT2D eigenvalue weighted by atomic mass is 10.2. The van der Waals surface area contributed by atoms with E-state index in [1.807, 2.05) is 31.2 Å². The molecule has 0 aliphatic rings. The molecule has 1 aromatic heterocycles. The highest BCUT2D eigenvalue weighted by atomic mass is 32.2. The molecule has 104 valence electrons. The molecular formula is C14H14N2O3S. The van der Waals surface area contributed by atoms with Crippen LogP contribution < -0.4 is 5.32 Å². The molecule has 1 heterocycles. The van der Waals surface area contributed by atoms with Crippen LogP contribution >= 0.6 is 11.8 Å². The second-order valence-corrected chi connectivity index (χ2v) is 5.25. The van der Waals surface area contributed by atoms with Crippen molar-refractivity contribution in [3.8, 4) is 0 Å².